The molecule has 0 radical (unpaired) electrons. The molecule has 5 heteroatoms. The Kier molecular flexibility index (Phi) is 3.85. The van der Waals surface area contributed by atoms with Crippen LogP contribution < -0.4 is 10.6 Å². The average molecular weight is 278 g/mol. The molecule has 1 spiro atoms. The van der Waals surface area contributed by atoms with Crippen LogP contribution in [0.2, 0.25) is 0 Å². The maximum absolute atomic E-state index is 11.5. The number of hydrogen-bond acceptors (Lipinski definition) is 2. The van der Waals surface area contributed by atoms with Gasteiger partial charge in [0.15, 0.2) is 5.96 Å². The molecule has 2 saturated heterocycles. The first-order valence-corrected chi connectivity index (χ1v) is 7.93. The summed E-state index contributed by atoms with van der Waals surface area (Å²) in [6.07, 6.45) is 7.06. The first-order valence-electron chi connectivity index (χ1n) is 7.93. The Hall–Kier alpha value is -1.26. The van der Waals surface area contributed by atoms with Gasteiger partial charge in [0, 0.05) is 45.1 Å². The Morgan fingerprint density at radius 3 is 3.05 bits per heavy atom. The van der Waals surface area contributed by atoms with Crippen molar-refractivity contribution < 1.29 is 4.79 Å². The molecule has 1 amide bonds. The van der Waals surface area contributed by atoms with Crippen molar-refractivity contribution in [2.45, 2.75) is 38.5 Å². The lowest BCUT2D eigenvalue weighted by atomic mass is 9.79. The molecule has 3 aliphatic rings. The minimum absolute atomic E-state index is 0.142. The number of nitrogens with zero attached hydrogens (tertiary/aromatic N) is 2. The minimum Gasteiger partial charge on any atom is -0.356 e. The molecule has 0 aromatic carbocycles. The standard InChI is InChI=1S/C15H26N4O/c1-16-14(17-7-5-12-3-4-12)19-8-2-6-15(11-19)9-13(20)18-10-15/h12H,2-11H2,1H3,(H,16,17)(H,18,20). The smallest absolute Gasteiger partial charge is 0.220 e. The summed E-state index contributed by atoms with van der Waals surface area (Å²) in [5, 5.41) is 6.50. The van der Waals surface area contributed by atoms with E-state index in [0.717, 1.165) is 50.9 Å². The van der Waals surface area contributed by atoms with Crippen LogP contribution in [0.25, 0.3) is 0 Å². The molecule has 1 atom stereocenters. The summed E-state index contributed by atoms with van der Waals surface area (Å²) in [4.78, 5) is 18.3. The van der Waals surface area contributed by atoms with Gasteiger partial charge in [0.05, 0.1) is 0 Å². The lowest BCUT2D eigenvalue weighted by molar-refractivity contribution is -0.119. The van der Waals surface area contributed by atoms with Gasteiger partial charge in [-0.1, -0.05) is 12.8 Å². The van der Waals surface area contributed by atoms with Crippen molar-refractivity contribution in [2.24, 2.45) is 16.3 Å². The van der Waals surface area contributed by atoms with Crippen LogP contribution in [0.5, 0.6) is 0 Å². The second kappa shape index (κ2) is 5.62. The van der Waals surface area contributed by atoms with Crippen molar-refractivity contribution in [1.82, 2.24) is 15.5 Å². The zero-order valence-corrected chi connectivity index (χ0v) is 12.5. The third kappa shape index (κ3) is 3.07. The second-order valence-corrected chi connectivity index (χ2v) is 6.68. The van der Waals surface area contributed by atoms with Crippen LogP contribution in [0.15, 0.2) is 4.99 Å². The quantitative estimate of drug-likeness (QED) is 0.597. The van der Waals surface area contributed by atoms with E-state index in [1.54, 1.807) is 0 Å². The molecule has 0 bridgehead atoms. The summed E-state index contributed by atoms with van der Waals surface area (Å²) < 4.78 is 0. The van der Waals surface area contributed by atoms with Crippen molar-refractivity contribution in [3.05, 3.63) is 0 Å². The normalized spacial score (nSPS) is 30.8. The van der Waals surface area contributed by atoms with E-state index in [4.69, 9.17) is 0 Å². The van der Waals surface area contributed by atoms with Gasteiger partial charge in [0.1, 0.15) is 0 Å². The molecule has 1 unspecified atom stereocenters. The lowest BCUT2D eigenvalue weighted by Gasteiger charge is -2.40. The Morgan fingerprint density at radius 2 is 2.40 bits per heavy atom. The number of hydrogen-bond donors (Lipinski definition) is 2. The zero-order chi connectivity index (χ0) is 14.0. The van der Waals surface area contributed by atoms with Crippen molar-refractivity contribution in [3.8, 4) is 0 Å². The molecule has 1 saturated carbocycles. The summed E-state index contributed by atoms with van der Waals surface area (Å²) in [6.45, 7) is 3.87. The van der Waals surface area contributed by atoms with Crippen LogP contribution in [0.1, 0.15) is 38.5 Å². The van der Waals surface area contributed by atoms with Gasteiger partial charge in [-0.15, -0.1) is 0 Å². The van der Waals surface area contributed by atoms with Crippen molar-refractivity contribution in [1.29, 1.82) is 0 Å². The van der Waals surface area contributed by atoms with Crippen molar-refractivity contribution in [2.75, 3.05) is 33.2 Å². The van der Waals surface area contributed by atoms with Crippen LogP contribution in [0.4, 0.5) is 0 Å². The predicted molar refractivity (Wildman–Crippen MR) is 79.6 cm³/mol. The minimum atomic E-state index is 0.142. The lowest BCUT2D eigenvalue weighted by Crippen LogP contribution is -2.51. The molecular formula is C15H26N4O. The monoisotopic (exact) mass is 278 g/mol. The number of carbonyl (C=O) groups excluding carboxylic acids is 1. The van der Waals surface area contributed by atoms with Crippen LogP contribution in [-0.2, 0) is 4.79 Å². The van der Waals surface area contributed by atoms with Gasteiger partial charge in [0.25, 0.3) is 0 Å². The molecule has 2 heterocycles. The van der Waals surface area contributed by atoms with E-state index in [9.17, 15) is 4.79 Å². The third-order valence-corrected chi connectivity index (χ3v) is 4.90. The highest BCUT2D eigenvalue weighted by Gasteiger charge is 2.42. The number of guanidine groups is 1. The first kappa shape index (κ1) is 13.7. The molecule has 112 valence electrons. The highest BCUT2D eigenvalue weighted by atomic mass is 16.1. The van der Waals surface area contributed by atoms with E-state index in [1.165, 1.54) is 19.3 Å². The Balaban J connectivity index is 1.55. The van der Waals surface area contributed by atoms with Gasteiger partial charge in [0.2, 0.25) is 5.91 Å². The van der Waals surface area contributed by atoms with Gasteiger partial charge in [-0.25, -0.2) is 0 Å². The number of piperidine rings is 1. The second-order valence-electron chi connectivity index (χ2n) is 6.68. The van der Waals surface area contributed by atoms with E-state index in [0.29, 0.717) is 6.42 Å². The summed E-state index contributed by atoms with van der Waals surface area (Å²) in [6, 6.07) is 0. The molecule has 2 N–H and O–H groups in total. The third-order valence-electron chi connectivity index (χ3n) is 4.90. The molecule has 3 fully saturated rings. The number of amides is 1. The van der Waals surface area contributed by atoms with Gasteiger partial charge < -0.3 is 15.5 Å². The highest BCUT2D eigenvalue weighted by Crippen LogP contribution is 2.36. The van der Waals surface area contributed by atoms with Crippen LogP contribution in [-0.4, -0.2) is 50.0 Å². The van der Waals surface area contributed by atoms with Crippen molar-refractivity contribution in [3.63, 3.8) is 0 Å². The fourth-order valence-electron chi connectivity index (χ4n) is 3.56. The topological polar surface area (TPSA) is 56.7 Å². The molecule has 5 nitrogen and oxygen atoms in total. The maximum atomic E-state index is 11.5. The van der Waals surface area contributed by atoms with Crippen LogP contribution >= 0.6 is 0 Å². The number of rotatable bonds is 3. The largest absolute Gasteiger partial charge is 0.356 e. The maximum Gasteiger partial charge on any atom is 0.220 e. The van der Waals surface area contributed by atoms with E-state index in [1.807, 2.05) is 7.05 Å². The fourth-order valence-corrected chi connectivity index (χ4v) is 3.56. The Morgan fingerprint density at radius 1 is 1.55 bits per heavy atom. The Bertz CT molecular complexity index is 405. The summed E-state index contributed by atoms with van der Waals surface area (Å²) in [5.41, 5.74) is 0.142. The van der Waals surface area contributed by atoms with E-state index >= 15 is 0 Å². The SMILES string of the molecule is CN=C(NCCC1CC1)N1CCCC2(CNC(=O)C2)C1. The van der Waals surface area contributed by atoms with E-state index in [-0.39, 0.29) is 11.3 Å². The number of aliphatic imine (C=N–C) groups is 1. The van der Waals surface area contributed by atoms with Gasteiger partial charge in [-0.2, -0.15) is 0 Å². The Labute approximate surface area is 121 Å². The van der Waals surface area contributed by atoms with E-state index < -0.39 is 0 Å². The number of carbonyl (C=O) groups is 1. The number of nitrogens with one attached hydrogen (secondary N) is 2. The zero-order valence-electron chi connectivity index (χ0n) is 12.5. The average Bonchev–Trinajstić information content (AvgIpc) is 3.20. The predicted octanol–water partition coefficient (Wildman–Crippen LogP) is 0.964. The molecular weight excluding hydrogens is 252 g/mol. The van der Waals surface area contributed by atoms with Gasteiger partial charge in [-0.3, -0.25) is 9.79 Å². The first-order chi connectivity index (χ1) is 9.71. The molecule has 3 rings (SSSR count). The molecule has 2 aliphatic heterocycles. The van der Waals surface area contributed by atoms with Crippen molar-refractivity contribution >= 4 is 11.9 Å². The summed E-state index contributed by atoms with van der Waals surface area (Å²) >= 11 is 0. The van der Waals surface area contributed by atoms with Crippen LogP contribution in [0, 0.1) is 11.3 Å². The molecule has 20 heavy (non-hydrogen) atoms. The van der Waals surface area contributed by atoms with Gasteiger partial charge in [-0.05, 0) is 25.2 Å². The van der Waals surface area contributed by atoms with Gasteiger partial charge >= 0.3 is 0 Å². The fraction of sp³-hybridized carbons (Fsp3) is 0.867. The number of likely N-dealkylation sites (tertiary alicyclic amines) is 1. The molecule has 0 aromatic heterocycles. The molecule has 1 aliphatic carbocycles. The van der Waals surface area contributed by atoms with Crippen LogP contribution in [0.3, 0.4) is 0 Å². The van der Waals surface area contributed by atoms with E-state index in [2.05, 4.69) is 20.5 Å². The molecule has 0 aromatic rings. The summed E-state index contributed by atoms with van der Waals surface area (Å²) in [7, 11) is 1.86. The highest BCUT2D eigenvalue weighted by molar-refractivity contribution is 5.81. The summed E-state index contributed by atoms with van der Waals surface area (Å²) in [5.74, 6) is 2.18.